The van der Waals surface area contributed by atoms with Gasteiger partial charge >= 0.3 is 0 Å². The number of benzene rings is 2. The number of guanidine groups is 1. The van der Waals surface area contributed by atoms with E-state index in [-0.39, 0.29) is 12.7 Å². The van der Waals surface area contributed by atoms with Crippen molar-refractivity contribution < 1.29 is 14.3 Å². The number of nitrogens with zero attached hydrogens (tertiary/aromatic N) is 2. The van der Waals surface area contributed by atoms with Gasteiger partial charge in [0, 0.05) is 17.4 Å². The van der Waals surface area contributed by atoms with Gasteiger partial charge in [-0.2, -0.15) is 0 Å². The van der Waals surface area contributed by atoms with Crippen molar-refractivity contribution in [1.82, 2.24) is 10.3 Å². The molecule has 0 atom stereocenters. The van der Waals surface area contributed by atoms with Crippen LogP contribution in [0.5, 0.6) is 11.5 Å². The van der Waals surface area contributed by atoms with Crippen LogP contribution in [0.4, 0.5) is 5.69 Å². The lowest BCUT2D eigenvalue weighted by Crippen LogP contribution is -2.36. The van der Waals surface area contributed by atoms with Crippen LogP contribution in [-0.2, 0) is 13.0 Å². The van der Waals surface area contributed by atoms with E-state index in [4.69, 9.17) is 9.47 Å². The molecule has 7 heteroatoms. The van der Waals surface area contributed by atoms with Crippen molar-refractivity contribution in [2.24, 2.45) is 4.99 Å². The minimum atomic E-state index is -0.297. The van der Waals surface area contributed by atoms with E-state index in [1.165, 1.54) is 0 Å². The number of fused-ring (bicyclic) bond motifs is 1. The molecule has 0 saturated heterocycles. The number of para-hydroxylation sites is 1. The third-order valence-electron chi connectivity index (χ3n) is 4.64. The lowest BCUT2D eigenvalue weighted by atomic mass is 10.1. The smallest absolute Gasteiger partial charge is 0.258 e. The summed E-state index contributed by atoms with van der Waals surface area (Å²) in [4.78, 5) is 21.7. The second-order valence-electron chi connectivity index (χ2n) is 6.64. The average molecular weight is 402 g/mol. The first-order valence-corrected chi connectivity index (χ1v) is 9.73. The maximum atomic E-state index is 12.9. The monoisotopic (exact) mass is 402 g/mol. The van der Waals surface area contributed by atoms with E-state index in [1.807, 2.05) is 42.5 Å². The Labute approximate surface area is 174 Å². The molecule has 0 bridgehead atoms. The number of amides is 1. The molecule has 3 aromatic rings. The van der Waals surface area contributed by atoms with Gasteiger partial charge in [-0.25, -0.2) is 4.99 Å². The van der Waals surface area contributed by atoms with Crippen molar-refractivity contribution >= 4 is 17.6 Å². The van der Waals surface area contributed by atoms with Crippen LogP contribution in [-0.4, -0.2) is 23.6 Å². The highest BCUT2D eigenvalue weighted by Gasteiger charge is 2.17. The zero-order chi connectivity index (χ0) is 20.8. The molecule has 0 unspecified atom stereocenters. The zero-order valence-electron chi connectivity index (χ0n) is 16.6. The first-order chi connectivity index (χ1) is 14.7. The minimum absolute atomic E-state index is 0.159. The van der Waals surface area contributed by atoms with Gasteiger partial charge in [0.2, 0.25) is 12.8 Å². The summed E-state index contributed by atoms with van der Waals surface area (Å²) in [6.45, 7) is 2.57. The van der Waals surface area contributed by atoms with Crippen LogP contribution in [0.3, 0.4) is 0 Å². The minimum Gasteiger partial charge on any atom is -0.454 e. The molecule has 7 nitrogen and oxygen atoms in total. The number of nitrogens with one attached hydrogen (secondary N) is 2. The van der Waals surface area contributed by atoms with Crippen LogP contribution in [0, 0.1) is 0 Å². The number of pyridine rings is 1. The van der Waals surface area contributed by atoms with Gasteiger partial charge in [-0.1, -0.05) is 31.2 Å². The molecule has 30 heavy (non-hydrogen) atoms. The maximum absolute atomic E-state index is 12.9. The summed E-state index contributed by atoms with van der Waals surface area (Å²) in [6.07, 6.45) is 2.57. The van der Waals surface area contributed by atoms with Crippen molar-refractivity contribution in [3.63, 3.8) is 0 Å². The molecule has 2 N–H and O–H groups in total. The molecular weight excluding hydrogens is 380 g/mol. The summed E-state index contributed by atoms with van der Waals surface area (Å²) >= 11 is 0. The SMILES string of the molecule is CCc1ccccc1NC(=NCc1ccccn1)NC(=O)c1ccc2c(c1)OCO2. The number of anilines is 1. The van der Waals surface area contributed by atoms with Crippen LogP contribution in [0.1, 0.15) is 28.5 Å². The van der Waals surface area contributed by atoms with Crippen LogP contribution in [0.25, 0.3) is 0 Å². The van der Waals surface area contributed by atoms with Gasteiger partial charge in [0.15, 0.2) is 11.5 Å². The molecule has 0 radical (unpaired) electrons. The topological polar surface area (TPSA) is 84.8 Å². The Bertz CT molecular complexity index is 1070. The predicted octanol–water partition coefficient (Wildman–Crippen LogP) is 3.77. The normalized spacial score (nSPS) is 12.5. The number of aliphatic imine (C=N–C) groups is 1. The summed E-state index contributed by atoms with van der Waals surface area (Å²) < 4.78 is 10.7. The predicted molar refractivity (Wildman–Crippen MR) is 115 cm³/mol. The number of carbonyl (C=O) groups is 1. The van der Waals surface area contributed by atoms with Crippen LogP contribution < -0.4 is 20.1 Å². The Morgan fingerprint density at radius 3 is 2.73 bits per heavy atom. The number of rotatable bonds is 5. The van der Waals surface area contributed by atoms with Crippen molar-refractivity contribution in [3.05, 3.63) is 83.7 Å². The lowest BCUT2D eigenvalue weighted by molar-refractivity contribution is 0.0976. The molecule has 2 heterocycles. The molecule has 152 valence electrons. The van der Waals surface area contributed by atoms with Crippen molar-refractivity contribution in [2.75, 3.05) is 12.1 Å². The molecule has 1 amide bonds. The van der Waals surface area contributed by atoms with Gasteiger partial charge in [0.25, 0.3) is 5.91 Å². The summed E-state index contributed by atoms with van der Waals surface area (Å²) in [7, 11) is 0. The lowest BCUT2D eigenvalue weighted by Gasteiger charge is -2.14. The number of ether oxygens (including phenoxy) is 2. The van der Waals surface area contributed by atoms with Gasteiger partial charge < -0.3 is 14.8 Å². The van der Waals surface area contributed by atoms with E-state index >= 15 is 0 Å². The Kier molecular flexibility index (Phi) is 5.89. The fourth-order valence-electron chi connectivity index (χ4n) is 3.06. The highest BCUT2D eigenvalue weighted by molar-refractivity contribution is 6.10. The maximum Gasteiger partial charge on any atom is 0.258 e. The summed E-state index contributed by atoms with van der Waals surface area (Å²) in [5.41, 5.74) is 3.28. The van der Waals surface area contributed by atoms with Crippen molar-refractivity contribution in [3.8, 4) is 11.5 Å². The highest BCUT2D eigenvalue weighted by Crippen LogP contribution is 2.32. The Balaban J connectivity index is 1.56. The van der Waals surface area contributed by atoms with Crippen LogP contribution >= 0.6 is 0 Å². The summed E-state index contributed by atoms with van der Waals surface area (Å²) in [5.74, 6) is 1.24. The van der Waals surface area contributed by atoms with Gasteiger partial charge in [-0.3, -0.25) is 15.1 Å². The zero-order valence-corrected chi connectivity index (χ0v) is 16.6. The van der Waals surface area contributed by atoms with E-state index in [0.717, 1.165) is 23.4 Å². The first-order valence-electron chi connectivity index (χ1n) is 9.73. The van der Waals surface area contributed by atoms with Gasteiger partial charge in [-0.05, 0) is 48.4 Å². The highest BCUT2D eigenvalue weighted by atomic mass is 16.7. The Morgan fingerprint density at radius 1 is 1.07 bits per heavy atom. The third kappa shape index (κ3) is 4.57. The van der Waals surface area contributed by atoms with Gasteiger partial charge in [-0.15, -0.1) is 0 Å². The molecule has 4 rings (SSSR count). The largest absolute Gasteiger partial charge is 0.454 e. The second-order valence-corrected chi connectivity index (χ2v) is 6.64. The van der Waals surface area contributed by atoms with E-state index in [2.05, 4.69) is 27.5 Å². The molecule has 0 saturated carbocycles. The van der Waals surface area contributed by atoms with Crippen molar-refractivity contribution in [1.29, 1.82) is 0 Å². The molecule has 1 aromatic heterocycles. The van der Waals surface area contributed by atoms with E-state index in [0.29, 0.717) is 29.6 Å². The quantitative estimate of drug-likeness (QED) is 0.501. The number of hydrogen-bond acceptors (Lipinski definition) is 5. The van der Waals surface area contributed by atoms with E-state index < -0.39 is 0 Å². The standard InChI is InChI=1S/C23H22N4O3/c1-2-16-7-3-4-9-19(16)26-23(25-14-18-8-5-6-12-24-18)27-22(28)17-10-11-20-21(13-17)30-15-29-20/h3-13H,2,14-15H2,1H3,(H2,25,26,27,28). The molecule has 0 spiro atoms. The average Bonchev–Trinajstić information content (AvgIpc) is 3.26. The third-order valence-corrected chi connectivity index (χ3v) is 4.64. The summed E-state index contributed by atoms with van der Waals surface area (Å²) in [5, 5.41) is 6.13. The van der Waals surface area contributed by atoms with Gasteiger partial charge in [0.1, 0.15) is 0 Å². The molecule has 1 aliphatic heterocycles. The molecule has 1 aliphatic rings. The number of aromatic nitrogens is 1. The second kappa shape index (κ2) is 9.09. The molecular formula is C23H22N4O3. The number of hydrogen-bond donors (Lipinski definition) is 2. The number of aryl methyl sites for hydroxylation is 1. The Morgan fingerprint density at radius 2 is 1.90 bits per heavy atom. The van der Waals surface area contributed by atoms with Crippen molar-refractivity contribution in [2.45, 2.75) is 19.9 Å². The molecule has 0 aliphatic carbocycles. The van der Waals surface area contributed by atoms with Crippen LogP contribution in [0.2, 0.25) is 0 Å². The fourth-order valence-corrected chi connectivity index (χ4v) is 3.06. The fraction of sp³-hybridized carbons (Fsp3) is 0.174. The molecule has 2 aromatic carbocycles. The molecule has 0 fully saturated rings. The van der Waals surface area contributed by atoms with Gasteiger partial charge in [0.05, 0.1) is 12.2 Å². The Hall–Kier alpha value is -3.87. The first kappa shape index (κ1) is 19.4. The van der Waals surface area contributed by atoms with E-state index in [9.17, 15) is 4.79 Å². The van der Waals surface area contributed by atoms with Crippen LogP contribution in [0.15, 0.2) is 71.9 Å². The summed E-state index contributed by atoms with van der Waals surface area (Å²) in [6, 6.07) is 18.7. The number of carbonyl (C=O) groups excluding carboxylic acids is 1. The van der Waals surface area contributed by atoms with E-state index in [1.54, 1.807) is 24.4 Å².